The molecule has 0 amide bonds. The molecule has 104 valence electrons. The first-order valence-electron chi connectivity index (χ1n) is 6.27. The van der Waals surface area contributed by atoms with E-state index in [9.17, 15) is 4.39 Å². The summed E-state index contributed by atoms with van der Waals surface area (Å²) in [6, 6.07) is 0. The molecule has 0 atom stereocenters. The van der Waals surface area contributed by atoms with Crippen molar-refractivity contribution in [2.75, 3.05) is 50.7 Å². The van der Waals surface area contributed by atoms with E-state index < -0.39 is 6.67 Å². The minimum atomic E-state index is -0.430. The van der Waals surface area contributed by atoms with Crippen LogP contribution < -0.4 is 0 Å². The molecule has 3 nitrogen and oxygen atoms in total. The Balaban J connectivity index is 2.85. The Kier molecular flexibility index (Phi) is 17.1. The Morgan fingerprint density at radius 2 is 1.18 bits per heavy atom. The van der Waals surface area contributed by atoms with Crippen molar-refractivity contribution in [3.8, 4) is 0 Å². The maximum atomic E-state index is 11.6. The van der Waals surface area contributed by atoms with Crippen LogP contribution in [0.3, 0.4) is 0 Å². The van der Waals surface area contributed by atoms with Crippen LogP contribution in [0.4, 0.5) is 4.39 Å². The molecule has 0 spiro atoms. The van der Waals surface area contributed by atoms with Crippen molar-refractivity contribution in [2.24, 2.45) is 0 Å². The summed E-state index contributed by atoms with van der Waals surface area (Å²) < 4.78 is 28.5. The zero-order chi connectivity index (χ0) is 12.6. The number of alkyl halides is 2. The van der Waals surface area contributed by atoms with Gasteiger partial charge in [0.2, 0.25) is 0 Å². The molecular formula is C12H24FIO3. The summed E-state index contributed by atoms with van der Waals surface area (Å²) in [5, 5.41) is 0. The molecule has 0 aromatic rings. The van der Waals surface area contributed by atoms with Crippen molar-refractivity contribution >= 4 is 22.6 Å². The summed E-state index contributed by atoms with van der Waals surface area (Å²) in [4.78, 5) is 0. The van der Waals surface area contributed by atoms with Crippen LogP contribution in [0.1, 0.15) is 25.7 Å². The summed E-state index contributed by atoms with van der Waals surface area (Å²) in [7, 11) is 0. The molecule has 0 saturated carbocycles. The van der Waals surface area contributed by atoms with Crippen LogP contribution >= 0.6 is 22.6 Å². The van der Waals surface area contributed by atoms with Gasteiger partial charge in [-0.2, -0.15) is 0 Å². The molecule has 0 bridgehead atoms. The molecule has 0 aliphatic rings. The van der Waals surface area contributed by atoms with Gasteiger partial charge in [0, 0.05) is 6.61 Å². The summed E-state index contributed by atoms with van der Waals surface area (Å²) in [6.07, 6.45) is 4.99. The van der Waals surface area contributed by atoms with Crippen LogP contribution in [-0.2, 0) is 14.2 Å². The number of ether oxygens (including phenoxy) is 3. The number of hydrogen-bond acceptors (Lipinski definition) is 3. The zero-order valence-electron chi connectivity index (χ0n) is 10.5. The molecule has 0 heterocycles. The van der Waals surface area contributed by atoms with Crippen LogP contribution in [0.15, 0.2) is 0 Å². The lowest BCUT2D eigenvalue weighted by Gasteiger charge is -2.06. The third kappa shape index (κ3) is 16.5. The number of unbranched alkanes of at least 4 members (excludes halogenated alkanes) is 3. The molecule has 0 aliphatic carbocycles. The lowest BCUT2D eigenvalue weighted by molar-refractivity contribution is 0.0117. The van der Waals surface area contributed by atoms with Crippen molar-refractivity contribution in [1.82, 2.24) is 0 Å². The number of halogens is 2. The average molecular weight is 362 g/mol. The highest BCUT2D eigenvalue weighted by molar-refractivity contribution is 14.1. The van der Waals surface area contributed by atoms with Gasteiger partial charge in [0.1, 0.15) is 6.67 Å². The third-order valence-corrected chi connectivity index (χ3v) is 2.90. The molecule has 5 heteroatoms. The highest BCUT2D eigenvalue weighted by atomic mass is 127. The number of hydrogen-bond donors (Lipinski definition) is 0. The standard InChI is InChI=1S/C12H24FIO3/c13-5-8-16-10-12-17-11-9-15-7-4-2-1-3-6-14/h1-12H2. The first-order chi connectivity index (χ1) is 8.41. The van der Waals surface area contributed by atoms with Gasteiger partial charge in [-0.3, -0.25) is 0 Å². The van der Waals surface area contributed by atoms with E-state index in [4.69, 9.17) is 14.2 Å². The smallest absolute Gasteiger partial charge is 0.113 e. The first-order valence-corrected chi connectivity index (χ1v) is 7.79. The molecule has 0 N–H and O–H groups in total. The quantitative estimate of drug-likeness (QED) is 0.270. The van der Waals surface area contributed by atoms with Crippen LogP contribution in [0, 0.1) is 0 Å². The summed E-state index contributed by atoms with van der Waals surface area (Å²) in [6.45, 7) is 2.75. The van der Waals surface area contributed by atoms with E-state index in [2.05, 4.69) is 22.6 Å². The minimum Gasteiger partial charge on any atom is -0.379 e. The van der Waals surface area contributed by atoms with Crippen molar-refractivity contribution in [1.29, 1.82) is 0 Å². The van der Waals surface area contributed by atoms with Crippen molar-refractivity contribution in [3.63, 3.8) is 0 Å². The van der Waals surface area contributed by atoms with E-state index in [1.807, 2.05) is 0 Å². The normalized spacial score (nSPS) is 10.9. The van der Waals surface area contributed by atoms with E-state index in [0.717, 1.165) is 13.0 Å². The van der Waals surface area contributed by atoms with E-state index in [1.54, 1.807) is 0 Å². The minimum absolute atomic E-state index is 0.164. The molecule has 17 heavy (non-hydrogen) atoms. The van der Waals surface area contributed by atoms with Crippen LogP contribution in [-0.4, -0.2) is 50.7 Å². The zero-order valence-corrected chi connectivity index (χ0v) is 12.6. The van der Waals surface area contributed by atoms with Crippen LogP contribution in [0.25, 0.3) is 0 Å². The molecule has 0 aromatic carbocycles. The monoisotopic (exact) mass is 362 g/mol. The summed E-state index contributed by atoms with van der Waals surface area (Å²) in [5.41, 5.74) is 0. The fourth-order valence-electron chi connectivity index (χ4n) is 1.25. The van der Waals surface area contributed by atoms with E-state index in [1.165, 1.54) is 23.7 Å². The van der Waals surface area contributed by atoms with Gasteiger partial charge in [0.15, 0.2) is 0 Å². The fourth-order valence-corrected chi connectivity index (χ4v) is 1.79. The lowest BCUT2D eigenvalue weighted by atomic mass is 10.2. The number of rotatable bonds is 14. The highest BCUT2D eigenvalue weighted by Crippen LogP contribution is 2.02. The second-order valence-corrected chi connectivity index (χ2v) is 4.71. The molecule has 0 rings (SSSR count). The van der Waals surface area contributed by atoms with Gasteiger partial charge in [-0.05, 0) is 17.3 Å². The Morgan fingerprint density at radius 1 is 0.647 bits per heavy atom. The highest BCUT2D eigenvalue weighted by Gasteiger charge is 1.92. The van der Waals surface area contributed by atoms with Gasteiger partial charge in [-0.25, -0.2) is 4.39 Å². The Labute approximate surface area is 118 Å². The lowest BCUT2D eigenvalue weighted by Crippen LogP contribution is -2.10. The average Bonchev–Trinajstić information content (AvgIpc) is 2.35. The van der Waals surface area contributed by atoms with Crippen molar-refractivity contribution in [2.45, 2.75) is 25.7 Å². The van der Waals surface area contributed by atoms with E-state index in [-0.39, 0.29) is 6.61 Å². The van der Waals surface area contributed by atoms with Crippen LogP contribution in [0.5, 0.6) is 0 Å². The fraction of sp³-hybridized carbons (Fsp3) is 1.00. The predicted octanol–water partition coefficient (Wildman–Crippen LogP) is 3.00. The molecule has 0 aliphatic heterocycles. The topological polar surface area (TPSA) is 27.7 Å². The van der Waals surface area contributed by atoms with Crippen LogP contribution in [0.2, 0.25) is 0 Å². The van der Waals surface area contributed by atoms with E-state index in [0.29, 0.717) is 26.4 Å². The van der Waals surface area contributed by atoms with Gasteiger partial charge in [0.05, 0.1) is 33.0 Å². The molecule has 0 fully saturated rings. The molecular weight excluding hydrogens is 338 g/mol. The van der Waals surface area contributed by atoms with Gasteiger partial charge < -0.3 is 14.2 Å². The van der Waals surface area contributed by atoms with Gasteiger partial charge in [-0.15, -0.1) is 0 Å². The Hall–Kier alpha value is 0.540. The Bertz CT molecular complexity index is 125. The van der Waals surface area contributed by atoms with Crippen molar-refractivity contribution < 1.29 is 18.6 Å². The maximum Gasteiger partial charge on any atom is 0.113 e. The third-order valence-electron chi connectivity index (χ3n) is 2.14. The molecule has 0 aromatic heterocycles. The van der Waals surface area contributed by atoms with E-state index >= 15 is 0 Å². The summed E-state index contributed by atoms with van der Waals surface area (Å²) in [5.74, 6) is 0. The SMILES string of the molecule is FCCOCCOCCOCCCCCCI. The van der Waals surface area contributed by atoms with Gasteiger partial charge in [-0.1, -0.05) is 35.4 Å². The predicted molar refractivity (Wildman–Crippen MR) is 75.8 cm³/mol. The summed E-state index contributed by atoms with van der Waals surface area (Å²) >= 11 is 2.40. The molecule has 0 saturated heterocycles. The largest absolute Gasteiger partial charge is 0.379 e. The van der Waals surface area contributed by atoms with Gasteiger partial charge in [0.25, 0.3) is 0 Å². The first kappa shape index (κ1) is 17.5. The van der Waals surface area contributed by atoms with Crippen molar-refractivity contribution in [3.05, 3.63) is 0 Å². The van der Waals surface area contributed by atoms with Gasteiger partial charge >= 0.3 is 0 Å². The second kappa shape index (κ2) is 16.5. The maximum absolute atomic E-state index is 11.6. The molecule has 0 radical (unpaired) electrons. The Morgan fingerprint density at radius 3 is 1.76 bits per heavy atom. The second-order valence-electron chi connectivity index (χ2n) is 3.63. The molecule has 0 unspecified atom stereocenters.